The van der Waals surface area contributed by atoms with Gasteiger partial charge in [-0.25, -0.2) is 4.39 Å². The van der Waals surface area contributed by atoms with Gasteiger partial charge in [-0.2, -0.15) is 0 Å². The number of ketones is 1. The molecule has 1 aromatic carbocycles. The first kappa shape index (κ1) is 10.9. The maximum Gasteiger partial charge on any atom is 0.180 e. The Hall–Kier alpha value is -0.160. The zero-order valence-electron chi connectivity index (χ0n) is 6.85. The van der Waals surface area contributed by atoms with Gasteiger partial charge in [-0.3, -0.25) is 4.79 Å². The fourth-order valence-corrected chi connectivity index (χ4v) is 1.68. The molecule has 0 N–H and O–H groups in total. The van der Waals surface area contributed by atoms with Gasteiger partial charge >= 0.3 is 0 Å². The number of hydrogen-bond donors (Lipinski definition) is 0. The van der Waals surface area contributed by atoms with E-state index in [0.29, 0.717) is 9.13 Å². The van der Waals surface area contributed by atoms with Crippen LogP contribution in [0, 0.1) is 9.39 Å². The largest absolute Gasteiger partial charge is 0.293 e. The Bertz CT molecular complexity index is 318. The second-order valence-corrected chi connectivity index (χ2v) is 4.54. The van der Waals surface area contributed by atoms with Gasteiger partial charge < -0.3 is 0 Å². The highest BCUT2D eigenvalue weighted by Gasteiger charge is 2.13. The number of carbonyl (C=O) groups excluding carboxylic acids is 1. The monoisotopic (exact) mass is 312 g/mol. The fourth-order valence-electron chi connectivity index (χ4n) is 0.926. The summed E-state index contributed by atoms with van der Waals surface area (Å²) in [5.74, 6) is -0.661. The summed E-state index contributed by atoms with van der Waals surface area (Å²) in [4.78, 5) is 11.3. The zero-order valence-corrected chi connectivity index (χ0v) is 9.76. The Morgan fingerprint density at radius 2 is 2.15 bits per heavy atom. The molecule has 13 heavy (non-hydrogen) atoms. The van der Waals surface area contributed by atoms with E-state index in [9.17, 15) is 9.18 Å². The van der Waals surface area contributed by atoms with Crippen molar-refractivity contribution in [3.63, 3.8) is 0 Å². The van der Waals surface area contributed by atoms with Crippen LogP contribution >= 0.6 is 34.2 Å². The first-order chi connectivity index (χ1) is 6.00. The summed E-state index contributed by atoms with van der Waals surface area (Å²) in [7, 11) is 0. The lowest BCUT2D eigenvalue weighted by Crippen LogP contribution is -2.10. The van der Waals surface area contributed by atoms with Crippen molar-refractivity contribution in [2.45, 2.75) is 12.3 Å². The maximum absolute atomic E-state index is 12.9. The van der Waals surface area contributed by atoms with Crippen molar-refractivity contribution in [2.24, 2.45) is 0 Å². The normalized spacial score (nSPS) is 12.6. The molecule has 1 rings (SSSR count). The number of benzene rings is 1. The van der Waals surface area contributed by atoms with Crippen molar-refractivity contribution in [1.82, 2.24) is 0 Å². The summed E-state index contributed by atoms with van der Waals surface area (Å²) < 4.78 is 13.5. The Balaban J connectivity index is 3.08. The molecule has 0 radical (unpaired) electrons. The number of Topliss-reactive ketones (excluding diaryl/α,β-unsaturated/α-hetero) is 1. The summed E-state index contributed by atoms with van der Waals surface area (Å²) >= 11 is 7.55. The minimum Gasteiger partial charge on any atom is -0.293 e. The van der Waals surface area contributed by atoms with Crippen LogP contribution in [0.2, 0.25) is 0 Å². The molecule has 0 fully saturated rings. The number of alkyl halides is 1. The van der Waals surface area contributed by atoms with E-state index in [1.807, 2.05) is 22.6 Å². The van der Waals surface area contributed by atoms with Crippen LogP contribution in [-0.4, -0.2) is 11.2 Å². The average molecular weight is 313 g/mol. The lowest BCUT2D eigenvalue weighted by atomic mass is 10.1. The van der Waals surface area contributed by atoms with Crippen LogP contribution in [0.25, 0.3) is 0 Å². The first-order valence-corrected chi connectivity index (χ1v) is 5.16. The smallest absolute Gasteiger partial charge is 0.180 e. The van der Waals surface area contributed by atoms with Gasteiger partial charge in [-0.15, -0.1) is 11.6 Å². The van der Waals surface area contributed by atoms with Crippen molar-refractivity contribution < 1.29 is 9.18 Å². The SMILES string of the molecule is CC(Cl)C(=O)c1cc(F)cc(I)c1. The minimum atomic E-state index is -0.613. The summed E-state index contributed by atoms with van der Waals surface area (Å²) in [5.41, 5.74) is 0.326. The molecule has 0 aromatic heterocycles. The second kappa shape index (κ2) is 4.37. The van der Waals surface area contributed by atoms with Crippen molar-refractivity contribution in [1.29, 1.82) is 0 Å². The lowest BCUT2D eigenvalue weighted by Gasteiger charge is -2.03. The van der Waals surface area contributed by atoms with Crippen molar-refractivity contribution in [2.75, 3.05) is 0 Å². The van der Waals surface area contributed by atoms with Crippen LogP contribution in [0.5, 0.6) is 0 Å². The summed E-state index contributed by atoms with van der Waals surface area (Å²) in [6.45, 7) is 1.57. The number of rotatable bonds is 2. The molecule has 1 nitrogen and oxygen atoms in total. The molecule has 0 bridgehead atoms. The van der Waals surface area contributed by atoms with Gasteiger partial charge in [-0.05, 0) is 47.7 Å². The van der Waals surface area contributed by atoms with Gasteiger partial charge in [-0.1, -0.05) is 0 Å². The summed E-state index contributed by atoms with van der Waals surface area (Å²) in [6.07, 6.45) is 0. The Morgan fingerprint density at radius 3 is 2.62 bits per heavy atom. The Kier molecular flexibility index (Phi) is 3.67. The van der Waals surface area contributed by atoms with E-state index >= 15 is 0 Å². The molecular weight excluding hydrogens is 305 g/mol. The molecule has 1 atom stereocenters. The Morgan fingerprint density at radius 1 is 1.54 bits per heavy atom. The summed E-state index contributed by atoms with van der Waals surface area (Å²) in [5, 5.41) is -0.613. The molecule has 0 spiro atoms. The van der Waals surface area contributed by atoms with Crippen LogP contribution in [0.4, 0.5) is 4.39 Å². The van der Waals surface area contributed by atoms with E-state index in [2.05, 4.69) is 0 Å². The molecule has 70 valence electrons. The Labute approximate surface area is 94.4 Å². The van der Waals surface area contributed by atoms with E-state index in [0.717, 1.165) is 0 Å². The van der Waals surface area contributed by atoms with E-state index < -0.39 is 11.2 Å². The van der Waals surface area contributed by atoms with Gasteiger partial charge in [0.05, 0.1) is 5.38 Å². The molecule has 0 aliphatic rings. The van der Waals surface area contributed by atoms with E-state index in [4.69, 9.17) is 11.6 Å². The predicted molar refractivity (Wildman–Crippen MR) is 58.8 cm³/mol. The van der Waals surface area contributed by atoms with Crippen LogP contribution in [0.3, 0.4) is 0 Å². The van der Waals surface area contributed by atoms with E-state index in [1.165, 1.54) is 12.1 Å². The van der Waals surface area contributed by atoms with Crippen LogP contribution < -0.4 is 0 Å². The van der Waals surface area contributed by atoms with Crippen LogP contribution in [0.15, 0.2) is 18.2 Å². The summed E-state index contributed by atoms with van der Waals surface area (Å²) in [6, 6.07) is 4.17. The molecule has 0 saturated heterocycles. The molecule has 1 aromatic rings. The maximum atomic E-state index is 12.9. The average Bonchev–Trinajstić information content (AvgIpc) is 2.01. The van der Waals surface area contributed by atoms with Crippen LogP contribution in [0.1, 0.15) is 17.3 Å². The molecule has 0 aliphatic carbocycles. The van der Waals surface area contributed by atoms with Gasteiger partial charge in [0.15, 0.2) is 5.78 Å². The highest BCUT2D eigenvalue weighted by molar-refractivity contribution is 14.1. The molecule has 0 saturated carbocycles. The highest BCUT2D eigenvalue weighted by atomic mass is 127. The number of carbonyl (C=O) groups is 1. The van der Waals surface area contributed by atoms with E-state index in [-0.39, 0.29) is 5.78 Å². The van der Waals surface area contributed by atoms with Crippen molar-refractivity contribution in [3.05, 3.63) is 33.1 Å². The zero-order chi connectivity index (χ0) is 10.0. The number of hydrogen-bond acceptors (Lipinski definition) is 1. The van der Waals surface area contributed by atoms with Crippen molar-refractivity contribution in [3.8, 4) is 0 Å². The first-order valence-electron chi connectivity index (χ1n) is 3.65. The lowest BCUT2D eigenvalue weighted by molar-refractivity contribution is 0.0991. The topological polar surface area (TPSA) is 17.1 Å². The van der Waals surface area contributed by atoms with Gasteiger partial charge in [0.2, 0.25) is 0 Å². The molecule has 4 heteroatoms. The molecular formula is C9H7ClFIO. The second-order valence-electron chi connectivity index (χ2n) is 2.64. The standard InChI is InChI=1S/C9H7ClFIO/c1-5(10)9(13)6-2-7(11)4-8(12)3-6/h2-5H,1H3. The highest BCUT2D eigenvalue weighted by Crippen LogP contribution is 2.14. The van der Waals surface area contributed by atoms with Gasteiger partial charge in [0, 0.05) is 9.13 Å². The van der Waals surface area contributed by atoms with Gasteiger partial charge in [0.1, 0.15) is 5.82 Å². The molecule has 0 heterocycles. The van der Waals surface area contributed by atoms with Gasteiger partial charge in [0.25, 0.3) is 0 Å². The minimum absolute atomic E-state index is 0.251. The molecule has 1 unspecified atom stereocenters. The third-order valence-corrected chi connectivity index (χ3v) is 2.33. The van der Waals surface area contributed by atoms with E-state index in [1.54, 1.807) is 13.0 Å². The third kappa shape index (κ3) is 2.91. The third-order valence-electron chi connectivity index (χ3n) is 1.51. The fraction of sp³-hybridized carbons (Fsp3) is 0.222. The number of halogens is 3. The quantitative estimate of drug-likeness (QED) is 0.465. The van der Waals surface area contributed by atoms with Crippen molar-refractivity contribution >= 4 is 40.0 Å². The van der Waals surface area contributed by atoms with Crippen LogP contribution in [-0.2, 0) is 0 Å². The molecule has 0 amide bonds. The molecule has 0 aliphatic heterocycles. The predicted octanol–water partition coefficient (Wildman–Crippen LogP) is 3.24.